The first kappa shape index (κ1) is 15.9. The summed E-state index contributed by atoms with van der Waals surface area (Å²) in [6, 6.07) is 2.17. The molecule has 3 nitrogen and oxygen atoms in total. The fourth-order valence-electron chi connectivity index (χ4n) is 1.86. The van der Waals surface area contributed by atoms with E-state index in [1.54, 1.807) is 22.7 Å². The summed E-state index contributed by atoms with van der Waals surface area (Å²) in [4.78, 5) is 9.60. The maximum Gasteiger partial charge on any atom is 0.185 e. The van der Waals surface area contributed by atoms with E-state index in [1.165, 1.54) is 9.75 Å². The Morgan fingerprint density at radius 2 is 2.25 bits per heavy atom. The van der Waals surface area contributed by atoms with Gasteiger partial charge in [-0.2, -0.15) is 0 Å². The van der Waals surface area contributed by atoms with Crippen molar-refractivity contribution in [1.82, 2.24) is 10.3 Å². The van der Waals surface area contributed by atoms with Crippen LogP contribution in [0, 0.1) is 6.92 Å². The molecule has 0 atom stereocenters. The summed E-state index contributed by atoms with van der Waals surface area (Å²) in [6.45, 7) is 7.18. The third-order valence-electron chi connectivity index (χ3n) is 2.94. The van der Waals surface area contributed by atoms with Crippen molar-refractivity contribution >= 4 is 43.7 Å². The molecule has 0 aliphatic heterocycles. The van der Waals surface area contributed by atoms with Gasteiger partial charge in [0.2, 0.25) is 0 Å². The van der Waals surface area contributed by atoms with E-state index in [2.05, 4.69) is 63.5 Å². The molecule has 0 amide bonds. The van der Waals surface area contributed by atoms with Gasteiger partial charge in [-0.1, -0.05) is 6.92 Å². The minimum Gasteiger partial charge on any atom is -0.346 e. The summed E-state index contributed by atoms with van der Waals surface area (Å²) < 4.78 is 1.16. The predicted molar refractivity (Wildman–Crippen MR) is 93.0 cm³/mol. The van der Waals surface area contributed by atoms with E-state index in [0.29, 0.717) is 0 Å². The average molecular weight is 374 g/mol. The van der Waals surface area contributed by atoms with Crippen LogP contribution in [0.4, 0.5) is 5.13 Å². The summed E-state index contributed by atoms with van der Waals surface area (Å²) in [7, 11) is 2.11. The number of rotatable bonds is 7. The Hall–Kier alpha value is -0.430. The molecule has 0 fully saturated rings. The molecule has 2 aromatic rings. The van der Waals surface area contributed by atoms with E-state index < -0.39 is 0 Å². The summed E-state index contributed by atoms with van der Waals surface area (Å²) in [5.41, 5.74) is 1.15. The van der Waals surface area contributed by atoms with Crippen LogP contribution in [0.1, 0.15) is 28.8 Å². The molecular weight excluding hydrogens is 354 g/mol. The molecule has 20 heavy (non-hydrogen) atoms. The lowest BCUT2D eigenvalue weighted by molar-refractivity contribution is 0.678. The van der Waals surface area contributed by atoms with E-state index in [0.717, 1.165) is 41.4 Å². The molecule has 0 spiro atoms. The second-order valence-corrected chi connectivity index (χ2v) is 7.74. The van der Waals surface area contributed by atoms with Crippen molar-refractivity contribution in [3.05, 3.63) is 31.4 Å². The fraction of sp³-hybridized carbons (Fsp3) is 0.500. The third-order valence-corrected chi connectivity index (χ3v) is 5.89. The van der Waals surface area contributed by atoms with Crippen molar-refractivity contribution < 1.29 is 0 Å². The third kappa shape index (κ3) is 4.28. The van der Waals surface area contributed by atoms with Crippen LogP contribution in [-0.2, 0) is 13.1 Å². The van der Waals surface area contributed by atoms with Crippen LogP contribution >= 0.6 is 38.6 Å². The Labute approximate surface area is 137 Å². The van der Waals surface area contributed by atoms with Crippen LogP contribution in [0.5, 0.6) is 0 Å². The summed E-state index contributed by atoms with van der Waals surface area (Å²) in [6.07, 6.45) is 1.16. The van der Waals surface area contributed by atoms with Crippen molar-refractivity contribution in [2.75, 3.05) is 18.5 Å². The number of hydrogen-bond donors (Lipinski definition) is 1. The molecule has 6 heteroatoms. The zero-order valence-corrected chi connectivity index (χ0v) is 15.3. The quantitative estimate of drug-likeness (QED) is 0.728. The second-order valence-electron chi connectivity index (χ2n) is 4.77. The Bertz CT molecular complexity index is 550. The lowest BCUT2D eigenvalue weighted by atomic mass is 10.4. The van der Waals surface area contributed by atoms with E-state index in [-0.39, 0.29) is 0 Å². The van der Waals surface area contributed by atoms with Gasteiger partial charge in [0, 0.05) is 33.2 Å². The molecule has 0 bridgehead atoms. The maximum absolute atomic E-state index is 4.69. The highest BCUT2D eigenvalue weighted by Crippen LogP contribution is 2.28. The highest BCUT2D eigenvalue weighted by atomic mass is 79.9. The molecule has 0 radical (unpaired) electrons. The van der Waals surface area contributed by atoms with Crippen LogP contribution in [0.2, 0.25) is 0 Å². The Balaban J connectivity index is 1.99. The van der Waals surface area contributed by atoms with E-state index in [4.69, 9.17) is 0 Å². The Kier molecular flexibility index (Phi) is 6.01. The van der Waals surface area contributed by atoms with Crippen LogP contribution in [-0.4, -0.2) is 18.6 Å². The van der Waals surface area contributed by atoms with Crippen LogP contribution in [0.3, 0.4) is 0 Å². The van der Waals surface area contributed by atoms with Crippen LogP contribution in [0.25, 0.3) is 0 Å². The number of thiophene rings is 1. The van der Waals surface area contributed by atoms with E-state index >= 15 is 0 Å². The van der Waals surface area contributed by atoms with E-state index in [9.17, 15) is 0 Å². The largest absolute Gasteiger partial charge is 0.346 e. The van der Waals surface area contributed by atoms with Gasteiger partial charge >= 0.3 is 0 Å². The van der Waals surface area contributed by atoms with Gasteiger partial charge in [0.05, 0.1) is 12.2 Å². The molecule has 2 rings (SSSR count). The number of aromatic nitrogens is 1. The average Bonchev–Trinajstić information content (AvgIpc) is 2.97. The molecule has 2 heterocycles. The molecule has 1 N–H and O–H groups in total. The molecule has 0 aliphatic carbocycles. The molecule has 0 unspecified atom stereocenters. The second kappa shape index (κ2) is 7.54. The van der Waals surface area contributed by atoms with Gasteiger partial charge in [0.1, 0.15) is 0 Å². The summed E-state index contributed by atoms with van der Waals surface area (Å²) in [5.74, 6) is 0. The summed E-state index contributed by atoms with van der Waals surface area (Å²) >= 11 is 7.07. The first-order valence-electron chi connectivity index (χ1n) is 6.71. The zero-order chi connectivity index (χ0) is 14.5. The normalized spacial score (nSPS) is 11.0. The molecular formula is C14H20BrN3S2. The van der Waals surface area contributed by atoms with Gasteiger partial charge in [-0.15, -0.1) is 22.7 Å². The monoisotopic (exact) mass is 373 g/mol. The fourth-order valence-corrected chi connectivity index (χ4v) is 4.35. The van der Waals surface area contributed by atoms with Gasteiger partial charge in [0.15, 0.2) is 5.13 Å². The van der Waals surface area contributed by atoms with Gasteiger partial charge in [-0.3, -0.25) is 0 Å². The first-order valence-corrected chi connectivity index (χ1v) is 9.20. The van der Waals surface area contributed by atoms with Crippen molar-refractivity contribution in [2.24, 2.45) is 0 Å². The SMILES string of the molecule is CCCNCc1sc(N(C)Cc2cc(Br)cs2)nc1C. The van der Waals surface area contributed by atoms with Gasteiger partial charge in [-0.25, -0.2) is 4.98 Å². The van der Waals surface area contributed by atoms with Gasteiger partial charge in [-0.05, 0) is 41.9 Å². The number of nitrogens with zero attached hydrogens (tertiary/aromatic N) is 2. The van der Waals surface area contributed by atoms with Crippen LogP contribution in [0.15, 0.2) is 15.9 Å². The van der Waals surface area contributed by atoms with Crippen molar-refractivity contribution in [3.63, 3.8) is 0 Å². The van der Waals surface area contributed by atoms with Crippen molar-refractivity contribution in [2.45, 2.75) is 33.4 Å². The van der Waals surface area contributed by atoms with Crippen molar-refractivity contribution in [3.8, 4) is 0 Å². The molecule has 0 saturated carbocycles. The van der Waals surface area contributed by atoms with E-state index in [1.807, 2.05) is 0 Å². The standard InChI is InChI=1S/C14H20BrN3S2/c1-4-5-16-7-13-10(2)17-14(20-13)18(3)8-12-6-11(15)9-19-12/h6,9,16H,4-5,7-8H2,1-3H3. The topological polar surface area (TPSA) is 28.2 Å². The van der Waals surface area contributed by atoms with Gasteiger partial charge in [0.25, 0.3) is 0 Å². The maximum atomic E-state index is 4.69. The minimum atomic E-state index is 0.908. The molecule has 110 valence electrons. The molecule has 0 aliphatic rings. The summed E-state index contributed by atoms with van der Waals surface area (Å²) in [5, 5.41) is 6.66. The minimum absolute atomic E-state index is 0.908. The highest BCUT2D eigenvalue weighted by molar-refractivity contribution is 9.10. The smallest absolute Gasteiger partial charge is 0.185 e. The predicted octanol–water partition coefficient (Wildman–Crippen LogP) is 4.41. The first-order chi connectivity index (χ1) is 9.60. The number of nitrogens with one attached hydrogen (secondary N) is 1. The molecule has 0 aromatic carbocycles. The van der Waals surface area contributed by atoms with Crippen molar-refractivity contribution in [1.29, 1.82) is 0 Å². The lowest BCUT2D eigenvalue weighted by Gasteiger charge is -2.14. The molecule has 0 saturated heterocycles. The highest BCUT2D eigenvalue weighted by Gasteiger charge is 2.12. The number of anilines is 1. The van der Waals surface area contributed by atoms with Crippen LogP contribution < -0.4 is 10.2 Å². The number of aryl methyl sites for hydroxylation is 1. The van der Waals surface area contributed by atoms with Gasteiger partial charge < -0.3 is 10.2 Å². The number of halogens is 1. The number of hydrogen-bond acceptors (Lipinski definition) is 5. The number of thiazole rings is 1. The Morgan fingerprint density at radius 1 is 1.45 bits per heavy atom. The zero-order valence-electron chi connectivity index (χ0n) is 12.1. The Morgan fingerprint density at radius 3 is 2.90 bits per heavy atom. The molecule has 2 aromatic heterocycles. The lowest BCUT2D eigenvalue weighted by Crippen LogP contribution is -2.15.